The first-order valence-electron chi connectivity index (χ1n) is 7.14. The molecule has 6 heteroatoms. The summed E-state index contributed by atoms with van der Waals surface area (Å²) in [5.74, 6) is -1.27. The molecule has 1 saturated heterocycles. The van der Waals surface area contributed by atoms with Crippen LogP contribution < -0.4 is 10.2 Å². The highest BCUT2D eigenvalue weighted by molar-refractivity contribution is 7.10. The fourth-order valence-electron chi connectivity index (χ4n) is 2.42. The minimum absolute atomic E-state index is 0.0436. The van der Waals surface area contributed by atoms with E-state index < -0.39 is 17.8 Å². The van der Waals surface area contributed by atoms with Crippen molar-refractivity contribution < 1.29 is 14.4 Å². The number of aryl methyl sites for hydroxylation is 1. The predicted molar refractivity (Wildman–Crippen MR) is 89.1 cm³/mol. The number of benzene rings is 1. The molecule has 1 fully saturated rings. The van der Waals surface area contributed by atoms with E-state index in [1.54, 1.807) is 18.2 Å². The molecule has 3 rings (SSSR count). The number of hydrogen-bond donors (Lipinski definition) is 1. The minimum atomic E-state index is -0.718. The quantitative estimate of drug-likeness (QED) is 0.696. The fraction of sp³-hybridized carbons (Fsp3) is 0.118. The van der Waals surface area contributed by atoms with Gasteiger partial charge in [0.25, 0.3) is 11.8 Å². The first kappa shape index (κ1) is 15.2. The normalized spacial score (nSPS) is 16.8. The number of barbiturate groups is 1. The first-order valence-corrected chi connectivity index (χ1v) is 8.02. The van der Waals surface area contributed by atoms with Gasteiger partial charge in [0, 0.05) is 4.88 Å². The lowest BCUT2D eigenvalue weighted by Crippen LogP contribution is -2.54. The van der Waals surface area contributed by atoms with Gasteiger partial charge in [-0.05, 0) is 35.6 Å². The van der Waals surface area contributed by atoms with Gasteiger partial charge in [0.2, 0.25) is 0 Å². The molecule has 1 aliphatic rings. The monoisotopic (exact) mass is 326 g/mol. The van der Waals surface area contributed by atoms with Crippen molar-refractivity contribution in [3.8, 4) is 0 Å². The Morgan fingerprint density at radius 1 is 1.13 bits per heavy atom. The number of hydrogen-bond acceptors (Lipinski definition) is 4. The summed E-state index contributed by atoms with van der Waals surface area (Å²) in [6.07, 6.45) is 2.18. The molecule has 2 heterocycles. The van der Waals surface area contributed by atoms with Gasteiger partial charge in [0.1, 0.15) is 5.57 Å². The molecule has 0 saturated carbocycles. The van der Waals surface area contributed by atoms with E-state index in [-0.39, 0.29) is 5.57 Å². The average molecular weight is 326 g/mol. The van der Waals surface area contributed by atoms with Crippen LogP contribution in [0.1, 0.15) is 17.4 Å². The second kappa shape index (κ2) is 6.18. The van der Waals surface area contributed by atoms with Crippen molar-refractivity contribution in [1.29, 1.82) is 0 Å². The molecule has 1 aliphatic heterocycles. The van der Waals surface area contributed by atoms with Crippen molar-refractivity contribution in [2.75, 3.05) is 4.90 Å². The van der Waals surface area contributed by atoms with E-state index in [2.05, 4.69) is 5.32 Å². The zero-order valence-corrected chi connectivity index (χ0v) is 13.2. The summed E-state index contributed by atoms with van der Waals surface area (Å²) in [6.45, 7) is 1.94. The number of urea groups is 1. The van der Waals surface area contributed by atoms with Crippen molar-refractivity contribution in [2.24, 2.45) is 0 Å². The van der Waals surface area contributed by atoms with Crippen LogP contribution in [0, 0.1) is 0 Å². The van der Waals surface area contributed by atoms with E-state index in [9.17, 15) is 14.4 Å². The van der Waals surface area contributed by atoms with Crippen molar-refractivity contribution in [1.82, 2.24) is 5.32 Å². The lowest BCUT2D eigenvalue weighted by Gasteiger charge is -2.27. The van der Waals surface area contributed by atoms with Crippen LogP contribution >= 0.6 is 11.3 Å². The van der Waals surface area contributed by atoms with E-state index in [1.165, 1.54) is 17.4 Å². The summed E-state index contributed by atoms with van der Waals surface area (Å²) < 4.78 is 0. The molecule has 0 unspecified atom stereocenters. The van der Waals surface area contributed by atoms with Gasteiger partial charge in [-0.15, -0.1) is 11.3 Å². The van der Waals surface area contributed by atoms with Gasteiger partial charge >= 0.3 is 6.03 Å². The largest absolute Gasteiger partial charge is 0.335 e. The molecule has 0 aliphatic carbocycles. The van der Waals surface area contributed by atoms with E-state index in [0.29, 0.717) is 12.1 Å². The molecule has 5 nitrogen and oxygen atoms in total. The van der Waals surface area contributed by atoms with Crippen LogP contribution in [-0.4, -0.2) is 17.8 Å². The number of amides is 4. The molecule has 0 radical (unpaired) electrons. The predicted octanol–water partition coefficient (Wildman–Crippen LogP) is 2.98. The summed E-state index contributed by atoms with van der Waals surface area (Å²) in [6, 6.07) is 10.1. The van der Waals surface area contributed by atoms with E-state index in [1.807, 2.05) is 30.5 Å². The second-order valence-corrected chi connectivity index (χ2v) is 5.93. The SMILES string of the molecule is CCc1ccccc1N1C(=O)NC(=O)/C(=C/c2cccs2)C1=O. The third-order valence-corrected chi connectivity index (χ3v) is 4.36. The summed E-state index contributed by atoms with van der Waals surface area (Å²) in [5, 5.41) is 4.09. The Kier molecular flexibility index (Phi) is 4.08. The molecule has 1 aromatic heterocycles. The summed E-state index contributed by atoms with van der Waals surface area (Å²) in [5.41, 5.74) is 1.32. The maximum atomic E-state index is 12.7. The Bertz CT molecular complexity index is 809. The van der Waals surface area contributed by atoms with Crippen LogP contribution in [0.4, 0.5) is 10.5 Å². The molecule has 0 spiro atoms. The number of rotatable bonds is 3. The highest BCUT2D eigenvalue weighted by Crippen LogP contribution is 2.26. The molecule has 4 amide bonds. The maximum absolute atomic E-state index is 12.7. The summed E-state index contributed by atoms with van der Waals surface area (Å²) >= 11 is 1.41. The Hall–Kier alpha value is -2.73. The number of nitrogens with zero attached hydrogens (tertiary/aromatic N) is 1. The zero-order valence-electron chi connectivity index (χ0n) is 12.4. The van der Waals surface area contributed by atoms with Crippen LogP contribution in [-0.2, 0) is 16.0 Å². The van der Waals surface area contributed by atoms with Crippen molar-refractivity contribution in [3.05, 3.63) is 57.8 Å². The van der Waals surface area contributed by atoms with Crippen LogP contribution in [0.15, 0.2) is 47.4 Å². The van der Waals surface area contributed by atoms with Gasteiger partial charge in [-0.1, -0.05) is 31.2 Å². The zero-order chi connectivity index (χ0) is 16.4. The fourth-order valence-corrected chi connectivity index (χ4v) is 3.08. The van der Waals surface area contributed by atoms with Crippen LogP contribution in [0.5, 0.6) is 0 Å². The Morgan fingerprint density at radius 3 is 2.61 bits per heavy atom. The smallest absolute Gasteiger partial charge is 0.273 e. The number of carbonyl (C=O) groups is 3. The lowest BCUT2D eigenvalue weighted by atomic mass is 10.1. The number of anilines is 1. The average Bonchev–Trinajstić information content (AvgIpc) is 3.05. The highest BCUT2D eigenvalue weighted by atomic mass is 32.1. The minimum Gasteiger partial charge on any atom is -0.273 e. The van der Waals surface area contributed by atoms with Crippen LogP contribution in [0.2, 0.25) is 0 Å². The number of para-hydroxylation sites is 1. The van der Waals surface area contributed by atoms with Gasteiger partial charge in [0.05, 0.1) is 5.69 Å². The van der Waals surface area contributed by atoms with Crippen LogP contribution in [0.25, 0.3) is 6.08 Å². The molecule has 0 atom stereocenters. The molecule has 116 valence electrons. The first-order chi connectivity index (χ1) is 11.1. The highest BCUT2D eigenvalue weighted by Gasteiger charge is 2.37. The number of imide groups is 2. The third kappa shape index (κ3) is 2.80. The second-order valence-electron chi connectivity index (χ2n) is 4.96. The topological polar surface area (TPSA) is 66.5 Å². The Balaban J connectivity index is 2.05. The third-order valence-electron chi connectivity index (χ3n) is 3.54. The molecule has 1 N–H and O–H groups in total. The van der Waals surface area contributed by atoms with Crippen molar-refractivity contribution in [2.45, 2.75) is 13.3 Å². The van der Waals surface area contributed by atoms with Crippen LogP contribution in [0.3, 0.4) is 0 Å². The van der Waals surface area contributed by atoms with Gasteiger partial charge in [-0.2, -0.15) is 0 Å². The molecule has 1 aromatic carbocycles. The van der Waals surface area contributed by atoms with Crippen molar-refractivity contribution in [3.63, 3.8) is 0 Å². The van der Waals surface area contributed by atoms with E-state index >= 15 is 0 Å². The standard InChI is InChI=1S/C17H14N2O3S/c1-2-11-6-3-4-8-14(11)19-16(21)13(15(20)18-17(19)22)10-12-7-5-9-23-12/h3-10H,2H2,1H3,(H,18,20,22)/b13-10-. The lowest BCUT2D eigenvalue weighted by molar-refractivity contribution is -0.122. The van der Waals surface area contributed by atoms with Gasteiger partial charge < -0.3 is 0 Å². The van der Waals surface area contributed by atoms with Gasteiger partial charge in [0.15, 0.2) is 0 Å². The Morgan fingerprint density at radius 2 is 1.91 bits per heavy atom. The molecule has 2 aromatic rings. The molecular weight excluding hydrogens is 312 g/mol. The maximum Gasteiger partial charge on any atom is 0.335 e. The van der Waals surface area contributed by atoms with Crippen molar-refractivity contribution >= 4 is 40.9 Å². The molecular formula is C17H14N2O3S. The Labute approximate surface area is 137 Å². The number of nitrogens with one attached hydrogen (secondary N) is 1. The number of thiophene rings is 1. The van der Waals surface area contributed by atoms with E-state index in [4.69, 9.17) is 0 Å². The summed E-state index contributed by atoms with van der Waals surface area (Å²) in [4.78, 5) is 38.7. The number of carbonyl (C=O) groups excluding carboxylic acids is 3. The van der Waals surface area contributed by atoms with E-state index in [0.717, 1.165) is 15.3 Å². The molecule has 0 bridgehead atoms. The summed E-state index contributed by atoms with van der Waals surface area (Å²) in [7, 11) is 0. The van der Waals surface area contributed by atoms with Gasteiger partial charge in [-0.25, -0.2) is 9.69 Å². The van der Waals surface area contributed by atoms with Gasteiger partial charge in [-0.3, -0.25) is 14.9 Å². The molecule has 23 heavy (non-hydrogen) atoms.